The Morgan fingerprint density at radius 2 is 0.826 bits per heavy atom. The van der Waals surface area contributed by atoms with Crippen LogP contribution in [0.4, 0.5) is 0 Å². The third-order valence-electron chi connectivity index (χ3n) is 12.5. The minimum absolute atomic E-state index is 0.569. The third kappa shape index (κ3) is 6.26. The largest absolute Gasteiger partial charge is 0.370 e. The van der Waals surface area contributed by atoms with E-state index in [1.807, 2.05) is 0 Å². The van der Waals surface area contributed by atoms with Gasteiger partial charge in [-0.05, 0) is 73.6 Å². The Bertz CT molecular complexity index is 1480. The van der Waals surface area contributed by atoms with Crippen molar-refractivity contribution in [1.82, 2.24) is 0 Å². The Balaban J connectivity index is 1.01. The highest BCUT2D eigenvalue weighted by molar-refractivity contribution is 7.01. The van der Waals surface area contributed by atoms with Gasteiger partial charge >= 0.3 is 0 Å². The van der Waals surface area contributed by atoms with Gasteiger partial charge in [0, 0.05) is 0 Å². The Labute approximate surface area is 278 Å². The number of hydrogen-bond acceptors (Lipinski definition) is 2. The summed E-state index contributed by atoms with van der Waals surface area (Å²) in [4.78, 5) is 0. The molecule has 8 atom stereocenters. The molecule has 2 nitrogen and oxygen atoms in total. The van der Waals surface area contributed by atoms with Crippen LogP contribution in [0.5, 0.6) is 0 Å². The first-order valence-corrected chi connectivity index (χ1v) is 23.5. The fourth-order valence-electron chi connectivity index (χ4n) is 9.07. The highest BCUT2D eigenvalue weighted by Gasteiger charge is 2.45. The van der Waals surface area contributed by atoms with Crippen molar-refractivity contribution in [3.63, 3.8) is 0 Å². The summed E-state index contributed by atoms with van der Waals surface area (Å²) in [7, 11) is -3.72. The van der Waals surface area contributed by atoms with Crippen LogP contribution in [0.25, 0.3) is 11.1 Å². The molecule has 4 aromatic rings. The van der Waals surface area contributed by atoms with E-state index >= 15 is 0 Å². The van der Waals surface area contributed by atoms with Gasteiger partial charge in [-0.3, -0.25) is 0 Å². The zero-order chi connectivity index (χ0) is 31.1. The molecule has 238 valence electrons. The smallest absolute Gasteiger partial charge is 0.115 e. The molecule has 2 aliphatic carbocycles. The van der Waals surface area contributed by atoms with Gasteiger partial charge in [0.1, 0.15) is 16.1 Å². The van der Waals surface area contributed by atoms with Crippen molar-refractivity contribution in [2.24, 2.45) is 11.8 Å². The summed E-state index contributed by atoms with van der Waals surface area (Å²) in [5.41, 5.74) is 2.65. The predicted octanol–water partition coefficient (Wildman–Crippen LogP) is 7.65. The van der Waals surface area contributed by atoms with Crippen LogP contribution in [0.15, 0.2) is 109 Å². The summed E-state index contributed by atoms with van der Waals surface area (Å²) in [6.45, 7) is 5.20. The van der Waals surface area contributed by atoms with Crippen molar-refractivity contribution in [1.29, 1.82) is 0 Å². The second kappa shape index (κ2) is 12.7. The van der Waals surface area contributed by atoms with Gasteiger partial charge in [0.05, 0.1) is 24.4 Å². The topological polar surface area (TPSA) is 25.1 Å². The van der Waals surface area contributed by atoms with E-state index in [4.69, 9.17) is 9.47 Å². The van der Waals surface area contributed by atoms with Crippen LogP contribution in [0.2, 0.25) is 25.2 Å². The first-order valence-electron chi connectivity index (χ1n) is 18.1. The molecule has 0 amide bonds. The molecular weight excluding hydrogens is 593 g/mol. The number of benzene rings is 4. The summed E-state index contributed by atoms with van der Waals surface area (Å²) < 4.78 is 11.7. The second-order valence-corrected chi connectivity index (χ2v) is 24.1. The molecule has 8 rings (SSSR count). The lowest BCUT2D eigenvalue weighted by Crippen LogP contribution is -2.55. The number of hydrogen-bond donors (Lipinski definition) is 0. The van der Waals surface area contributed by atoms with Crippen molar-refractivity contribution >= 4 is 36.9 Å². The van der Waals surface area contributed by atoms with E-state index in [1.165, 1.54) is 74.6 Å². The number of fused-ring (bicyclic) bond motifs is 2. The molecule has 0 aromatic heterocycles. The van der Waals surface area contributed by atoms with Crippen molar-refractivity contribution < 1.29 is 9.47 Å². The highest BCUT2D eigenvalue weighted by Crippen LogP contribution is 2.42. The van der Waals surface area contributed by atoms with Gasteiger partial charge in [-0.2, -0.15) is 0 Å². The zero-order valence-corrected chi connectivity index (χ0v) is 29.7. The van der Waals surface area contributed by atoms with E-state index in [9.17, 15) is 0 Å². The molecule has 0 N–H and O–H groups in total. The molecule has 0 radical (unpaired) electrons. The molecule has 4 fully saturated rings. The van der Waals surface area contributed by atoms with E-state index in [-0.39, 0.29) is 0 Å². The predicted molar refractivity (Wildman–Crippen MR) is 197 cm³/mol. The molecule has 2 aliphatic heterocycles. The normalized spacial score (nSPS) is 29.1. The SMILES string of the molecule is C[Si](CCC1CCC2OC2C1)(c1ccccc1)c1ccc(-c2ccc([Si](C)(CCC3CCC4OC4C3)c3ccccc3)cc2)cc1. The van der Waals surface area contributed by atoms with E-state index in [1.54, 1.807) is 20.7 Å². The maximum Gasteiger partial charge on any atom is 0.115 e. The lowest BCUT2D eigenvalue weighted by molar-refractivity contribution is 0.357. The summed E-state index contributed by atoms with van der Waals surface area (Å²) in [5, 5.41) is 6.24. The van der Waals surface area contributed by atoms with Gasteiger partial charge < -0.3 is 9.47 Å². The minimum Gasteiger partial charge on any atom is -0.370 e. The van der Waals surface area contributed by atoms with Gasteiger partial charge in [-0.25, -0.2) is 0 Å². The Morgan fingerprint density at radius 3 is 1.20 bits per heavy atom. The molecule has 0 bridgehead atoms. The highest BCUT2D eigenvalue weighted by atomic mass is 28.3. The van der Waals surface area contributed by atoms with Crippen LogP contribution < -0.4 is 20.7 Å². The molecule has 0 spiro atoms. The average Bonchev–Trinajstić information content (AvgIpc) is 4.06. The molecule has 4 aromatic carbocycles. The van der Waals surface area contributed by atoms with Gasteiger partial charge in [-0.15, -0.1) is 0 Å². The fourth-order valence-corrected chi connectivity index (χ4v) is 16.5. The van der Waals surface area contributed by atoms with Gasteiger partial charge in [0.2, 0.25) is 0 Å². The van der Waals surface area contributed by atoms with E-state index < -0.39 is 16.1 Å². The second-order valence-electron chi connectivity index (χ2n) is 15.4. The van der Waals surface area contributed by atoms with E-state index in [0.717, 1.165) is 11.8 Å². The molecule has 4 aliphatic rings. The van der Waals surface area contributed by atoms with E-state index in [2.05, 4.69) is 122 Å². The van der Waals surface area contributed by atoms with Crippen LogP contribution >= 0.6 is 0 Å². The summed E-state index contributed by atoms with van der Waals surface area (Å²) in [6.07, 6.45) is 12.8. The molecule has 46 heavy (non-hydrogen) atoms. The van der Waals surface area contributed by atoms with Crippen LogP contribution in [0, 0.1) is 11.8 Å². The monoisotopic (exact) mass is 642 g/mol. The summed E-state index contributed by atoms with van der Waals surface area (Å²) in [6, 6.07) is 44.9. The summed E-state index contributed by atoms with van der Waals surface area (Å²) >= 11 is 0. The lowest BCUT2D eigenvalue weighted by atomic mass is 9.87. The van der Waals surface area contributed by atoms with Crippen molar-refractivity contribution in [3.8, 4) is 11.1 Å². The number of epoxide rings is 2. The van der Waals surface area contributed by atoms with Crippen LogP contribution in [-0.4, -0.2) is 40.6 Å². The number of rotatable bonds is 11. The van der Waals surface area contributed by atoms with Crippen LogP contribution in [0.3, 0.4) is 0 Å². The van der Waals surface area contributed by atoms with Crippen LogP contribution in [0.1, 0.15) is 51.4 Å². The molecule has 4 heteroatoms. The first-order chi connectivity index (χ1) is 22.5. The third-order valence-corrected chi connectivity index (χ3v) is 21.5. The quantitative estimate of drug-likeness (QED) is 0.124. The molecular formula is C42H50O2Si2. The molecule has 2 saturated carbocycles. The Hall–Kier alpha value is -2.77. The maximum absolute atomic E-state index is 5.86. The standard InChI is InChI=1S/C42H50O2Si2/c1-45(35-9-5-3-6-10-35,27-25-31-13-23-39-41(29-31)43-39)37-19-15-33(16-20-37)34-17-21-38(22-18-34)46(2,36-11-7-4-8-12-36)28-26-32-14-24-40-42(30-32)44-40/h3-12,15-22,31-32,39-42H,13-14,23-30H2,1-2H3. The molecule has 2 heterocycles. The Kier molecular flexibility index (Phi) is 8.43. The van der Waals surface area contributed by atoms with E-state index in [0.29, 0.717) is 24.4 Å². The fraction of sp³-hybridized carbons (Fsp3) is 0.429. The van der Waals surface area contributed by atoms with Crippen molar-refractivity contribution in [2.45, 2.75) is 101 Å². The van der Waals surface area contributed by atoms with Crippen molar-refractivity contribution in [3.05, 3.63) is 109 Å². The molecule has 8 unspecified atom stereocenters. The average molecular weight is 643 g/mol. The van der Waals surface area contributed by atoms with Crippen LogP contribution in [-0.2, 0) is 9.47 Å². The Morgan fingerprint density at radius 1 is 0.457 bits per heavy atom. The summed E-state index contributed by atoms with van der Waals surface area (Å²) in [5.74, 6) is 1.65. The molecule has 2 saturated heterocycles. The van der Waals surface area contributed by atoms with Gasteiger partial charge in [0.25, 0.3) is 0 Å². The number of ether oxygens (including phenoxy) is 2. The maximum atomic E-state index is 5.86. The van der Waals surface area contributed by atoms with Crippen molar-refractivity contribution in [2.75, 3.05) is 0 Å². The first kappa shape index (κ1) is 30.6. The minimum atomic E-state index is -1.86. The lowest BCUT2D eigenvalue weighted by Gasteiger charge is -2.32. The van der Waals surface area contributed by atoms with Gasteiger partial charge in [-0.1, -0.05) is 156 Å². The zero-order valence-electron chi connectivity index (χ0n) is 27.7. The van der Waals surface area contributed by atoms with Gasteiger partial charge in [0.15, 0.2) is 0 Å².